The maximum Gasteiger partial charge on any atom is 0.0569 e. The first kappa shape index (κ1) is 32.3. The van der Waals surface area contributed by atoms with E-state index < -0.39 is 0 Å². The Bertz CT molecular complexity index is 2640. The van der Waals surface area contributed by atoms with E-state index in [0.717, 1.165) is 17.1 Å². The highest BCUT2D eigenvalue weighted by atomic mass is 15.1. The first-order valence-electron chi connectivity index (χ1n) is 18.4. The minimum atomic E-state index is 1.10. The Morgan fingerprint density at radius 2 is 0.943 bits per heavy atom. The molecule has 254 valence electrons. The van der Waals surface area contributed by atoms with Gasteiger partial charge in [-0.15, -0.1) is 0 Å². The zero-order valence-corrected chi connectivity index (χ0v) is 30.3. The van der Waals surface area contributed by atoms with Gasteiger partial charge in [-0.3, -0.25) is 0 Å². The highest BCUT2D eigenvalue weighted by molar-refractivity contribution is 6.17. The molecule has 9 rings (SSSR count). The van der Waals surface area contributed by atoms with E-state index in [0.29, 0.717) is 0 Å². The summed E-state index contributed by atoms with van der Waals surface area (Å²) in [5.41, 5.74) is 18.0. The normalized spacial score (nSPS) is 11.3. The Hall–Kier alpha value is -6.64. The summed E-state index contributed by atoms with van der Waals surface area (Å²) in [4.78, 5) is 2.42. The molecule has 8 aromatic carbocycles. The lowest BCUT2D eigenvalue weighted by Crippen LogP contribution is -2.10. The predicted molar refractivity (Wildman–Crippen MR) is 226 cm³/mol. The van der Waals surface area contributed by atoms with Crippen LogP contribution >= 0.6 is 0 Å². The first-order valence-corrected chi connectivity index (χ1v) is 18.4. The quantitative estimate of drug-likeness (QED) is 0.163. The van der Waals surface area contributed by atoms with E-state index in [-0.39, 0.29) is 0 Å². The number of nitrogens with zero attached hydrogens (tertiary/aromatic N) is 2. The summed E-state index contributed by atoms with van der Waals surface area (Å²) in [6, 6.07) is 68.3. The van der Waals surface area contributed by atoms with Crippen molar-refractivity contribution in [2.75, 3.05) is 4.90 Å². The Morgan fingerprint density at radius 1 is 0.396 bits per heavy atom. The molecule has 0 saturated heterocycles. The van der Waals surface area contributed by atoms with Crippen molar-refractivity contribution >= 4 is 38.9 Å². The second kappa shape index (κ2) is 13.5. The van der Waals surface area contributed by atoms with Crippen LogP contribution in [0.3, 0.4) is 0 Å². The molecular formula is C51H40N2. The van der Waals surface area contributed by atoms with Gasteiger partial charge in [0.15, 0.2) is 0 Å². The van der Waals surface area contributed by atoms with E-state index in [9.17, 15) is 0 Å². The van der Waals surface area contributed by atoms with Crippen LogP contribution in [0.1, 0.15) is 16.7 Å². The monoisotopic (exact) mass is 680 g/mol. The third kappa shape index (κ3) is 5.79. The van der Waals surface area contributed by atoms with Gasteiger partial charge in [0.05, 0.1) is 22.4 Å². The summed E-state index contributed by atoms with van der Waals surface area (Å²) in [6.07, 6.45) is 0. The van der Waals surface area contributed by atoms with Crippen molar-refractivity contribution in [3.05, 3.63) is 205 Å². The minimum Gasteiger partial charge on any atom is -0.310 e. The SMILES string of the molecule is Cc1ccc(-c2cccc(C)c2-n2c3ccccc3c3c(N(c4ccc(-c5ccccc5)cc4)c4ccc(-c5ccccc5)cc4)cccc32)c(C)c1. The van der Waals surface area contributed by atoms with Crippen molar-refractivity contribution < 1.29 is 0 Å². The number of fused-ring (bicyclic) bond motifs is 3. The zero-order valence-electron chi connectivity index (χ0n) is 30.3. The molecule has 0 unspecified atom stereocenters. The summed E-state index contributed by atoms with van der Waals surface area (Å²) >= 11 is 0. The third-order valence-corrected chi connectivity index (χ3v) is 10.5. The molecule has 0 aliphatic carbocycles. The summed E-state index contributed by atoms with van der Waals surface area (Å²) in [6.45, 7) is 6.63. The second-order valence-corrected chi connectivity index (χ2v) is 14.0. The molecule has 0 aliphatic rings. The van der Waals surface area contributed by atoms with Crippen molar-refractivity contribution in [1.82, 2.24) is 4.57 Å². The third-order valence-electron chi connectivity index (χ3n) is 10.5. The standard InChI is InChI=1S/C51H40N2/c1-35-24-33-44(37(3)34-35)45-20-12-14-36(2)51(45)53-47-21-11-10-19-46(47)50-48(22-13-23-49(50)53)52(42-29-25-40(26-30-42)38-15-6-4-7-16-38)43-31-27-41(28-32-43)39-17-8-5-9-18-39/h4-34H,1-3H3. The average molecular weight is 681 g/mol. The second-order valence-electron chi connectivity index (χ2n) is 14.0. The highest BCUT2D eigenvalue weighted by Crippen LogP contribution is 2.46. The number of para-hydroxylation sites is 2. The average Bonchev–Trinajstić information content (AvgIpc) is 3.54. The van der Waals surface area contributed by atoms with Gasteiger partial charge < -0.3 is 9.47 Å². The Morgan fingerprint density at radius 3 is 1.57 bits per heavy atom. The van der Waals surface area contributed by atoms with Crippen molar-refractivity contribution in [2.24, 2.45) is 0 Å². The van der Waals surface area contributed by atoms with E-state index in [4.69, 9.17) is 0 Å². The maximum absolute atomic E-state index is 2.49. The van der Waals surface area contributed by atoms with Crippen LogP contribution in [0.15, 0.2) is 188 Å². The Kier molecular flexibility index (Phi) is 8.21. The van der Waals surface area contributed by atoms with Gasteiger partial charge in [0.1, 0.15) is 0 Å². The molecule has 0 bridgehead atoms. The number of aromatic nitrogens is 1. The summed E-state index contributed by atoms with van der Waals surface area (Å²) in [7, 11) is 0. The molecule has 0 saturated carbocycles. The van der Waals surface area contributed by atoms with Gasteiger partial charge in [0, 0.05) is 27.7 Å². The van der Waals surface area contributed by atoms with Crippen LogP contribution in [0.2, 0.25) is 0 Å². The molecule has 2 nitrogen and oxygen atoms in total. The van der Waals surface area contributed by atoms with Crippen LogP contribution in [0.4, 0.5) is 17.1 Å². The molecule has 0 fully saturated rings. The fourth-order valence-corrected chi connectivity index (χ4v) is 8.01. The van der Waals surface area contributed by atoms with E-state index in [2.05, 4.69) is 218 Å². The van der Waals surface area contributed by atoms with Gasteiger partial charge in [-0.2, -0.15) is 0 Å². The van der Waals surface area contributed by atoms with Crippen LogP contribution < -0.4 is 4.90 Å². The number of hydrogen-bond acceptors (Lipinski definition) is 1. The lowest BCUT2D eigenvalue weighted by Gasteiger charge is -2.27. The van der Waals surface area contributed by atoms with Crippen molar-refractivity contribution in [1.29, 1.82) is 0 Å². The summed E-state index contributed by atoms with van der Waals surface area (Å²) < 4.78 is 2.49. The van der Waals surface area contributed by atoms with Crippen LogP contribution in [-0.2, 0) is 0 Å². The maximum atomic E-state index is 2.49. The van der Waals surface area contributed by atoms with E-state index in [1.165, 1.54) is 77.6 Å². The molecule has 0 N–H and O–H groups in total. The minimum absolute atomic E-state index is 1.10. The van der Waals surface area contributed by atoms with Crippen LogP contribution in [0, 0.1) is 20.8 Å². The van der Waals surface area contributed by atoms with Gasteiger partial charge in [0.2, 0.25) is 0 Å². The number of anilines is 3. The largest absolute Gasteiger partial charge is 0.310 e. The molecule has 0 atom stereocenters. The molecule has 9 aromatic rings. The fourth-order valence-electron chi connectivity index (χ4n) is 8.01. The number of aryl methyl sites for hydroxylation is 3. The van der Waals surface area contributed by atoms with Crippen molar-refractivity contribution in [3.63, 3.8) is 0 Å². The topological polar surface area (TPSA) is 8.17 Å². The van der Waals surface area contributed by atoms with E-state index >= 15 is 0 Å². The lowest BCUT2D eigenvalue weighted by atomic mass is 9.95. The van der Waals surface area contributed by atoms with Gasteiger partial charge in [-0.25, -0.2) is 0 Å². The summed E-state index contributed by atoms with van der Waals surface area (Å²) in [5, 5.41) is 2.44. The molecule has 2 heteroatoms. The van der Waals surface area contributed by atoms with E-state index in [1.807, 2.05) is 0 Å². The number of hydrogen-bond donors (Lipinski definition) is 0. The van der Waals surface area contributed by atoms with Crippen molar-refractivity contribution in [3.8, 4) is 39.1 Å². The summed E-state index contributed by atoms with van der Waals surface area (Å²) in [5.74, 6) is 0. The fraction of sp³-hybridized carbons (Fsp3) is 0.0588. The molecule has 1 heterocycles. The van der Waals surface area contributed by atoms with Gasteiger partial charge >= 0.3 is 0 Å². The predicted octanol–water partition coefficient (Wildman–Crippen LogP) is 14.2. The number of benzene rings is 8. The van der Waals surface area contributed by atoms with Crippen molar-refractivity contribution in [2.45, 2.75) is 20.8 Å². The molecule has 0 amide bonds. The Labute approximate surface area is 311 Å². The molecule has 0 spiro atoms. The van der Waals surface area contributed by atoms with Gasteiger partial charge in [0.25, 0.3) is 0 Å². The van der Waals surface area contributed by atoms with Crippen LogP contribution in [0.5, 0.6) is 0 Å². The van der Waals surface area contributed by atoms with Crippen LogP contribution in [-0.4, -0.2) is 4.57 Å². The zero-order chi connectivity index (χ0) is 35.9. The molecular weight excluding hydrogens is 641 g/mol. The van der Waals surface area contributed by atoms with E-state index in [1.54, 1.807) is 0 Å². The van der Waals surface area contributed by atoms with Gasteiger partial charge in [-0.05, 0) is 102 Å². The molecule has 53 heavy (non-hydrogen) atoms. The highest BCUT2D eigenvalue weighted by Gasteiger charge is 2.23. The van der Waals surface area contributed by atoms with Crippen LogP contribution in [0.25, 0.3) is 60.9 Å². The Balaban J connectivity index is 1.29. The molecule has 1 aromatic heterocycles. The smallest absolute Gasteiger partial charge is 0.0569 e. The number of rotatable bonds is 7. The lowest BCUT2D eigenvalue weighted by molar-refractivity contribution is 1.15. The van der Waals surface area contributed by atoms with Gasteiger partial charge in [-0.1, -0.05) is 151 Å². The molecule has 0 aliphatic heterocycles. The molecule has 0 radical (unpaired) electrons. The first-order chi connectivity index (χ1) is 26.0.